The van der Waals surface area contributed by atoms with Gasteiger partial charge in [-0.3, -0.25) is 9.89 Å². The number of carbonyl (C=O) groups is 1. The monoisotopic (exact) mass is 336 g/mol. The molecule has 0 saturated carbocycles. The van der Waals surface area contributed by atoms with Gasteiger partial charge in [0.05, 0.1) is 10.2 Å². The average molecular weight is 338 g/mol. The van der Waals surface area contributed by atoms with Crippen molar-refractivity contribution in [2.24, 2.45) is 0 Å². The van der Waals surface area contributed by atoms with Crippen LogP contribution in [0.1, 0.15) is 42.4 Å². The van der Waals surface area contributed by atoms with E-state index in [1.807, 2.05) is 0 Å². The molecule has 1 aliphatic rings. The molecular formula is C11H18BrClN4O. The lowest BCUT2D eigenvalue weighted by molar-refractivity contribution is 0.0934. The number of rotatable bonds is 3. The highest BCUT2D eigenvalue weighted by Gasteiger charge is 2.23. The van der Waals surface area contributed by atoms with Crippen molar-refractivity contribution < 1.29 is 4.79 Å². The molecule has 1 saturated heterocycles. The normalized spacial score (nSPS) is 18.8. The SMILES string of the molecule is CC(C)c1[nH]nc(C(=O)NC2CCNC2)c1Br.Cl. The Labute approximate surface area is 121 Å². The molecule has 1 aliphatic heterocycles. The van der Waals surface area contributed by atoms with Gasteiger partial charge in [0.15, 0.2) is 5.69 Å². The summed E-state index contributed by atoms with van der Waals surface area (Å²) in [7, 11) is 0. The third kappa shape index (κ3) is 3.24. The van der Waals surface area contributed by atoms with E-state index in [2.05, 4.69) is 50.6 Å². The molecule has 1 aromatic rings. The van der Waals surface area contributed by atoms with Gasteiger partial charge in [-0.15, -0.1) is 12.4 Å². The number of aromatic amines is 1. The lowest BCUT2D eigenvalue weighted by Crippen LogP contribution is -2.36. The van der Waals surface area contributed by atoms with Gasteiger partial charge in [-0.25, -0.2) is 0 Å². The van der Waals surface area contributed by atoms with Crippen LogP contribution in [0.4, 0.5) is 0 Å². The molecule has 7 heteroatoms. The van der Waals surface area contributed by atoms with E-state index in [9.17, 15) is 4.79 Å². The second-order valence-electron chi connectivity index (χ2n) is 4.62. The molecule has 5 nitrogen and oxygen atoms in total. The zero-order chi connectivity index (χ0) is 12.4. The predicted molar refractivity (Wildman–Crippen MR) is 76.4 cm³/mol. The van der Waals surface area contributed by atoms with E-state index < -0.39 is 0 Å². The lowest BCUT2D eigenvalue weighted by atomic mass is 10.1. The molecule has 1 aromatic heterocycles. The van der Waals surface area contributed by atoms with Gasteiger partial charge in [0.25, 0.3) is 5.91 Å². The highest BCUT2D eigenvalue weighted by atomic mass is 79.9. The van der Waals surface area contributed by atoms with Crippen LogP contribution in [0, 0.1) is 0 Å². The summed E-state index contributed by atoms with van der Waals surface area (Å²) in [6.45, 7) is 5.91. The topological polar surface area (TPSA) is 69.8 Å². The number of nitrogens with zero attached hydrogens (tertiary/aromatic N) is 1. The van der Waals surface area contributed by atoms with Crippen LogP contribution in [-0.2, 0) is 0 Å². The molecule has 1 unspecified atom stereocenters. The van der Waals surface area contributed by atoms with Crippen LogP contribution in [-0.4, -0.2) is 35.2 Å². The van der Waals surface area contributed by atoms with Crippen LogP contribution >= 0.6 is 28.3 Å². The molecule has 2 heterocycles. The Morgan fingerprint density at radius 2 is 2.28 bits per heavy atom. The smallest absolute Gasteiger partial charge is 0.273 e. The van der Waals surface area contributed by atoms with Crippen LogP contribution in [0.2, 0.25) is 0 Å². The quantitative estimate of drug-likeness (QED) is 0.788. The fraction of sp³-hybridized carbons (Fsp3) is 0.636. The first-order valence-electron chi connectivity index (χ1n) is 5.85. The van der Waals surface area contributed by atoms with E-state index in [1.54, 1.807) is 0 Å². The molecule has 1 atom stereocenters. The first-order chi connectivity index (χ1) is 8.09. The Bertz CT molecular complexity index is 415. The van der Waals surface area contributed by atoms with Gasteiger partial charge < -0.3 is 10.6 Å². The minimum absolute atomic E-state index is 0. The predicted octanol–water partition coefficient (Wildman–Crippen LogP) is 1.81. The number of H-pyrrole nitrogens is 1. The largest absolute Gasteiger partial charge is 0.347 e. The Hall–Kier alpha value is -0.590. The average Bonchev–Trinajstić information content (AvgIpc) is 2.86. The molecule has 3 N–H and O–H groups in total. The van der Waals surface area contributed by atoms with Crippen molar-refractivity contribution in [3.63, 3.8) is 0 Å². The highest BCUT2D eigenvalue weighted by molar-refractivity contribution is 9.10. The lowest BCUT2D eigenvalue weighted by Gasteiger charge is -2.09. The minimum atomic E-state index is -0.117. The van der Waals surface area contributed by atoms with Crippen molar-refractivity contribution in [3.05, 3.63) is 15.9 Å². The van der Waals surface area contributed by atoms with Gasteiger partial charge >= 0.3 is 0 Å². The van der Waals surface area contributed by atoms with E-state index in [4.69, 9.17) is 0 Å². The van der Waals surface area contributed by atoms with Crippen molar-refractivity contribution in [1.82, 2.24) is 20.8 Å². The molecule has 102 valence electrons. The second-order valence-corrected chi connectivity index (χ2v) is 5.41. The van der Waals surface area contributed by atoms with Crippen LogP contribution in [0.5, 0.6) is 0 Å². The Morgan fingerprint density at radius 3 is 2.78 bits per heavy atom. The van der Waals surface area contributed by atoms with Crippen molar-refractivity contribution >= 4 is 34.2 Å². The molecule has 0 radical (unpaired) electrons. The number of carbonyl (C=O) groups excluding carboxylic acids is 1. The van der Waals surface area contributed by atoms with Gasteiger partial charge in [0.1, 0.15) is 0 Å². The summed E-state index contributed by atoms with van der Waals surface area (Å²) in [5, 5.41) is 13.2. The maximum absolute atomic E-state index is 12.0. The van der Waals surface area contributed by atoms with E-state index in [1.165, 1.54) is 0 Å². The summed E-state index contributed by atoms with van der Waals surface area (Å²) < 4.78 is 0.774. The van der Waals surface area contributed by atoms with Crippen molar-refractivity contribution in [1.29, 1.82) is 0 Å². The molecule has 0 bridgehead atoms. The van der Waals surface area contributed by atoms with E-state index in [0.717, 1.165) is 29.7 Å². The van der Waals surface area contributed by atoms with Gasteiger partial charge in [-0.2, -0.15) is 5.10 Å². The standard InChI is InChI=1S/C11H17BrN4O.ClH/c1-6(2)9-8(12)10(16-15-9)11(17)14-7-3-4-13-5-7;/h6-7,13H,3-5H2,1-2H3,(H,14,17)(H,15,16);1H. The van der Waals surface area contributed by atoms with E-state index >= 15 is 0 Å². The fourth-order valence-corrected chi connectivity index (χ4v) is 2.72. The van der Waals surface area contributed by atoms with E-state index in [0.29, 0.717) is 11.6 Å². The molecule has 1 fully saturated rings. The van der Waals surface area contributed by atoms with Gasteiger partial charge in [-0.1, -0.05) is 13.8 Å². The summed E-state index contributed by atoms with van der Waals surface area (Å²) >= 11 is 3.43. The number of nitrogens with one attached hydrogen (secondary N) is 3. The van der Waals surface area contributed by atoms with Crippen LogP contribution in [0.3, 0.4) is 0 Å². The summed E-state index contributed by atoms with van der Waals surface area (Å²) in [5.41, 5.74) is 1.40. The molecule has 0 aliphatic carbocycles. The molecule has 0 aromatic carbocycles. The number of hydrogen-bond donors (Lipinski definition) is 3. The van der Waals surface area contributed by atoms with Gasteiger partial charge in [-0.05, 0) is 34.8 Å². The van der Waals surface area contributed by atoms with Crippen LogP contribution in [0.15, 0.2) is 4.47 Å². The Kier molecular flexibility index (Phi) is 5.62. The summed E-state index contributed by atoms with van der Waals surface area (Å²) in [5.74, 6) is 0.195. The molecule has 2 rings (SSSR count). The summed E-state index contributed by atoms with van der Waals surface area (Å²) in [6, 6.07) is 0.216. The molecule has 0 spiro atoms. The van der Waals surface area contributed by atoms with Crippen LogP contribution < -0.4 is 10.6 Å². The van der Waals surface area contributed by atoms with Gasteiger partial charge in [0.2, 0.25) is 0 Å². The number of hydrogen-bond acceptors (Lipinski definition) is 3. The zero-order valence-electron chi connectivity index (χ0n) is 10.4. The Morgan fingerprint density at radius 1 is 1.56 bits per heavy atom. The minimum Gasteiger partial charge on any atom is -0.347 e. The second kappa shape index (κ2) is 6.54. The van der Waals surface area contributed by atoms with Crippen molar-refractivity contribution in [2.75, 3.05) is 13.1 Å². The molecule has 18 heavy (non-hydrogen) atoms. The third-order valence-corrected chi connectivity index (χ3v) is 3.72. The number of aromatic nitrogens is 2. The maximum Gasteiger partial charge on any atom is 0.273 e. The first kappa shape index (κ1) is 15.5. The fourth-order valence-electron chi connectivity index (χ4n) is 1.91. The van der Waals surface area contributed by atoms with Crippen molar-refractivity contribution in [3.8, 4) is 0 Å². The Balaban J connectivity index is 0.00000162. The van der Waals surface area contributed by atoms with Crippen LogP contribution in [0.25, 0.3) is 0 Å². The first-order valence-corrected chi connectivity index (χ1v) is 6.64. The van der Waals surface area contributed by atoms with Crippen molar-refractivity contribution in [2.45, 2.75) is 32.2 Å². The summed E-state index contributed by atoms with van der Waals surface area (Å²) in [6.07, 6.45) is 0.977. The number of amides is 1. The van der Waals surface area contributed by atoms with Gasteiger partial charge in [0, 0.05) is 12.6 Å². The molecular weight excluding hydrogens is 320 g/mol. The number of halogens is 2. The van der Waals surface area contributed by atoms with E-state index in [-0.39, 0.29) is 24.4 Å². The maximum atomic E-state index is 12.0. The summed E-state index contributed by atoms with van der Waals surface area (Å²) in [4.78, 5) is 12.0. The molecule has 1 amide bonds. The third-order valence-electron chi connectivity index (χ3n) is 2.92. The zero-order valence-corrected chi connectivity index (χ0v) is 12.8. The highest BCUT2D eigenvalue weighted by Crippen LogP contribution is 2.25.